The fraction of sp³-hybridized carbons (Fsp3) is 0.529. The third kappa shape index (κ3) is 3.74. The van der Waals surface area contributed by atoms with Crippen molar-refractivity contribution in [3.8, 4) is 0 Å². The van der Waals surface area contributed by atoms with Crippen LogP contribution in [0.4, 0.5) is 4.39 Å². The van der Waals surface area contributed by atoms with Gasteiger partial charge in [-0.1, -0.05) is 23.9 Å². The Balaban J connectivity index is 1.52. The Kier molecular flexibility index (Phi) is 4.35. The van der Waals surface area contributed by atoms with Gasteiger partial charge in [-0.2, -0.15) is 4.99 Å². The van der Waals surface area contributed by atoms with Gasteiger partial charge >= 0.3 is 0 Å². The zero-order valence-electron chi connectivity index (χ0n) is 13.6. The first-order chi connectivity index (χ1) is 11.9. The van der Waals surface area contributed by atoms with E-state index in [1.807, 2.05) is 4.90 Å². The number of benzene rings is 1. The largest absolute Gasteiger partial charge is 0.346 e. The van der Waals surface area contributed by atoms with Crippen molar-refractivity contribution in [3.63, 3.8) is 0 Å². The van der Waals surface area contributed by atoms with Crippen LogP contribution in [0, 0.1) is 11.7 Å². The summed E-state index contributed by atoms with van der Waals surface area (Å²) < 4.78 is 37.0. The maximum Gasteiger partial charge on any atom is 0.251 e. The van der Waals surface area contributed by atoms with Gasteiger partial charge in [0.05, 0.1) is 17.5 Å². The molecule has 0 N–H and O–H groups in total. The lowest BCUT2D eigenvalue weighted by Gasteiger charge is -2.24. The molecular formula is C17H19FN2O3S2. The van der Waals surface area contributed by atoms with E-state index in [-0.39, 0.29) is 40.4 Å². The predicted molar refractivity (Wildman–Crippen MR) is 95.8 cm³/mol. The molecule has 2 atom stereocenters. The molecule has 2 saturated heterocycles. The van der Waals surface area contributed by atoms with E-state index in [0.717, 1.165) is 18.4 Å². The Hall–Kier alpha value is -1.41. The van der Waals surface area contributed by atoms with Gasteiger partial charge in [0.1, 0.15) is 5.82 Å². The number of fused-ring (bicyclic) bond motifs is 1. The van der Waals surface area contributed by atoms with Gasteiger partial charge in [0.15, 0.2) is 15.0 Å². The van der Waals surface area contributed by atoms with Gasteiger partial charge in [0.25, 0.3) is 5.91 Å². The highest BCUT2D eigenvalue weighted by Gasteiger charge is 2.48. The van der Waals surface area contributed by atoms with Crippen molar-refractivity contribution >= 4 is 32.7 Å². The smallest absolute Gasteiger partial charge is 0.251 e. The molecule has 0 bridgehead atoms. The minimum Gasteiger partial charge on any atom is -0.346 e. The van der Waals surface area contributed by atoms with Gasteiger partial charge in [-0.25, -0.2) is 12.8 Å². The van der Waals surface area contributed by atoms with Crippen LogP contribution in [0.2, 0.25) is 0 Å². The van der Waals surface area contributed by atoms with Crippen LogP contribution in [-0.4, -0.2) is 53.7 Å². The predicted octanol–water partition coefficient (Wildman–Crippen LogP) is 1.88. The average molecular weight is 382 g/mol. The molecule has 4 rings (SSSR count). The number of aliphatic imine (C=N–C) groups is 1. The molecule has 2 aliphatic heterocycles. The first kappa shape index (κ1) is 17.0. The summed E-state index contributed by atoms with van der Waals surface area (Å²) in [6, 6.07) is 6.17. The molecule has 2 heterocycles. The lowest BCUT2D eigenvalue weighted by Crippen LogP contribution is -2.39. The summed E-state index contributed by atoms with van der Waals surface area (Å²) in [5, 5.41) is 0.605. The minimum atomic E-state index is -3.03. The van der Waals surface area contributed by atoms with Gasteiger partial charge in [-0.3, -0.25) is 4.79 Å². The van der Waals surface area contributed by atoms with Crippen molar-refractivity contribution < 1.29 is 17.6 Å². The molecule has 0 spiro atoms. The molecule has 1 aromatic carbocycles. The molecule has 3 fully saturated rings. The summed E-state index contributed by atoms with van der Waals surface area (Å²) in [4.78, 5) is 18.3. The van der Waals surface area contributed by atoms with Crippen LogP contribution in [0.5, 0.6) is 0 Å². The van der Waals surface area contributed by atoms with Gasteiger partial charge in [-0.15, -0.1) is 0 Å². The highest BCUT2D eigenvalue weighted by Crippen LogP contribution is 2.39. The van der Waals surface area contributed by atoms with Crippen LogP contribution in [0.3, 0.4) is 0 Å². The number of hydrogen-bond donors (Lipinski definition) is 0. The summed E-state index contributed by atoms with van der Waals surface area (Å²) >= 11 is 1.42. The van der Waals surface area contributed by atoms with Crippen LogP contribution in [0.15, 0.2) is 29.3 Å². The second-order valence-electron chi connectivity index (χ2n) is 6.88. The number of amidine groups is 1. The van der Waals surface area contributed by atoms with E-state index in [0.29, 0.717) is 18.1 Å². The standard InChI is InChI=1S/C17H19FN2O3S2/c18-13-5-1-11(2-6-13)7-8-20-14-9-25(22,23)10-15(14)24-17(20)19-16(21)12-3-4-12/h1-2,5-6,12,14-15H,3-4,7-10H2/t14-,15+/m0/s1. The van der Waals surface area contributed by atoms with Gasteiger partial charge in [0.2, 0.25) is 0 Å². The number of nitrogens with zero attached hydrogens (tertiary/aromatic N) is 2. The van der Waals surface area contributed by atoms with Crippen LogP contribution in [0.25, 0.3) is 0 Å². The van der Waals surface area contributed by atoms with Gasteiger partial charge in [0, 0.05) is 17.7 Å². The third-order valence-electron chi connectivity index (χ3n) is 4.86. The number of sulfone groups is 1. The first-order valence-electron chi connectivity index (χ1n) is 8.42. The number of carbonyl (C=O) groups excluding carboxylic acids is 1. The molecule has 134 valence electrons. The molecule has 25 heavy (non-hydrogen) atoms. The van der Waals surface area contributed by atoms with Crippen molar-refractivity contribution in [3.05, 3.63) is 35.6 Å². The number of rotatable bonds is 4. The lowest BCUT2D eigenvalue weighted by atomic mass is 10.1. The number of carbonyl (C=O) groups is 1. The number of hydrogen-bond acceptors (Lipinski definition) is 4. The van der Waals surface area contributed by atoms with Crippen molar-refractivity contribution in [1.82, 2.24) is 4.90 Å². The Morgan fingerprint density at radius 3 is 2.64 bits per heavy atom. The quantitative estimate of drug-likeness (QED) is 0.795. The molecule has 0 unspecified atom stereocenters. The second-order valence-corrected chi connectivity index (χ2v) is 10.2. The van der Waals surface area contributed by atoms with Crippen molar-refractivity contribution in [2.24, 2.45) is 10.9 Å². The van der Waals surface area contributed by atoms with Gasteiger partial charge in [-0.05, 0) is 37.0 Å². The second kappa shape index (κ2) is 6.39. The minimum absolute atomic E-state index is 0.0519. The molecule has 1 saturated carbocycles. The monoisotopic (exact) mass is 382 g/mol. The average Bonchev–Trinajstić information content (AvgIpc) is 3.29. The SMILES string of the molecule is O=C(N=C1S[C@@H]2CS(=O)(=O)C[C@@H]2N1CCc1ccc(F)cc1)C1CC1. The van der Waals surface area contributed by atoms with Gasteiger partial charge < -0.3 is 4.90 Å². The lowest BCUT2D eigenvalue weighted by molar-refractivity contribution is -0.118. The van der Waals surface area contributed by atoms with Crippen LogP contribution in [0.1, 0.15) is 18.4 Å². The first-order valence-corrected chi connectivity index (χ1v) is 11.1. The molecule has 1 aliphatic carbocycles. The van der Waals surface area contributed by atoms with E-state index in [1.165, 1.54) is 23.9 Å². The fourth-order valence-electron chi connectivity index (χ4n) is 3.31. The molecule has 8 heteroatoms. The topological polar surface area (TPSA) is 66.8 Å². The van der Waals surface area contributed by atoms with E-state index in [9.17, 15) is 17.6 Å². The van der Waals surface area contributed by atoms with Crippen molar-refractivity contribution in [2.45, 2.75) is 30.6 Å². The summed E-state index contributed by atoms with van der Waals surface area (Å²) in [6.07, 6.45) is 2.45. The van der Waals surface area contributed by atoms with Crippen molar-refractivity contribution in [2.75, 3.05) is 18.1 Å². The summed E-state index contributed by atoms with van der Waals surface area (Å²) in [7, 11) is -3.03. The molecule has 0 radical (unpaired) electrons. The van der Waals surface area contributed by atoms with E-state index < -0.39 is 9.84 Å². The third-order valence-corrected chi connectivity index (χ3v) is 8.11. The zero-order valence-corrected chi connectivity index (χ0v) is 15.2. The van der Waals surface area contributed by atoms with Crippen LogP contribution < -0.4 is 0 Å². The maximum absolute atomic E-state index is 13.0. The Morgan fingerprint density at radius 1 is 1.24 bits per heavy atom. The number of halogens is 1. The summed E-state index contributed by atoms with van der Waals surface area (Å²) in [6.45, 7) is 0.575. The van der Waals surface area contributed by atoms with E-state index >= 15 is 0 Å². The Morgan fingerprint density at radius 2 is 1.96 bits per heavy atom. The van der Waals surface area contributed by atoms with Crippen LogP contribution in [-0.2, 0) is 21.1 Å². The molecule has 3 aliphatic rings. The van der Waals surface area contributed by atoms with Crippen molar-refractivity contribution in [1.29, 1.82) is 0 Å². The molecule has 0 aromatic heterocycles. The Labute approximate surface area is 150 Å². The zero-order chi connectivity index (χ0) is 17.6. The fourth-order valence-corrected chi connectivity index (χ4v) is 7.30. The summed E-state index contributed by atoms with van der Waals surface area (Å²) in [5.41, 5.74) is 0.976. The van der Waals surface area contributed by atoms with E-state index in [1.54, 1.807) is 12.1 Å². The normalized spacial score (nSPS) is 29.2. The number of thioether (sulfide) groups is 1. The van der Waals surface area contributed by atoms with E-state index in [4.69, 9.17) is 0 Å². The molecule has 1 amide bonds. The molecular weight excluding hydrogens is 363 g/mol. The maximum atomic E-state index is 13.0. The van der Waals surface area contributed by atoms with Crippen LogP contribution >= 0.6 is 11.8 Å². The number of amides is 1. The Bertz CT molecular complexity index is 819. The highest BCUT2D eigenvalue weighted by molar-refractivity contribution is 8.15. The highest BCUT2D eigenvalue weighted by atomic mass is 32.2. The molecule has 5 nitrogen and oxygen atoms in total. The summed E-state index contributed by atoms with van der Waals surface area (Å²) in [5.74, 6) is -0.0513. The molecule has 1 aromatic rings. The van der Waals surface area contributed by atoms with E-state index in [2.05, 4.69) is 4.99 Å².